The van der Waals surface area contributed by atoms with Crippen LogP contribution in [0.15, 0.2) is 0 Å². The standard InChI is InChI=1S/C10H18N2O2/c13-7-8-3-5-12(6-8)10(14)9-2-1-4-11-9/h8-9,11,13H,1-7H2/t8-,9+/m0/s1. The van der Waals surface area contributed by atoms with Gasteiger partial charge in [-0.15, -0.1) is 0 Å². The molecule has 80 valence electrons. The molecule has 0 aliphatic carbocycles. The molecule has 4 nitrogen and oxygen atoms in total. The van der Waals surface area contributed by atoms with Gasteiger partial charge in [0.15, 0.2) is 0 Å². The van der Waals surface area contributed by atoms with E-state index in [1.54, 1.807) is 0 Å². The zero-order chi connectivity index (χ0) is 9.97. The predicted molar refractivity (Wildman–Crippen MR) is 52.8 cm³/mol. The summed E-state index contributed by atoms with van der Waals surface area (Å²) in [6.07, 6.45) is 3.03. The van der Waals surface area contributed by atoms with Crippen LogP contribution in [0.4, 0.5) is 0 Å². The second-order valence-corrected chi connectivity index (χ2v) is 4.27. The number of rotatable bonds is 2. The Morgan fingerprint density at radius 1 is 1.50 bits per heavy atom. The van der Waals surface area contributed by atoms with Crippen LogP contribution in [-0.4, -0.2) is 48.2 Å². The molecule has 2 rings (SSSR count). The molecule has 0 aromatic rings. The van der Waals surface area contributed by atoms with Gasteiger partial charge in [0, 0.05) is 25.6 Å². The van der Waals surface area contributed by atoms with E-state index in [0.29, 0.717) is 5.92 Å². The van der Waals surface area contributed by atoms with Gasteiger partial charge < -0.3 is 15.3 Å². The molecule has 2 aliphatic rings. The van der Waals surface area contributed by atoms with Gasteiger partial charge in [0.05, 0.1) is 6.04 Å². The number of carbonyl (C=O) groups excluding carboxylic acids is 1. The molecule has 0 aromatic carbocycles. The summed E-state index contributed by atoms with van der Waals surface area (Å²) in [7, 11) is 0. The normalized spacial score (nSPS) is 32.5. The topological polar surface area (TPSA) is 52.6 Å². The third kappa shape index (κ3) is 1.91. The molecule has 2 atom stereocenters. The fourth-order valence-corrected chi connectivity index (χ4v) is 2.30. The van der Waals surface area contributed by atoms with Gasteiger partial charge >= 0.3 is 0 Å². The molecule has 0 unspecified atom stereocenters. The summed E-state index contributed by atoms with van der Waals surface area (Å²) >= 11 is 0. The quantitative estimate of drug-likeness (QED) is 0.633. The van der Waals surface area contributed by atoms with Crippen molar-refractivity contribution in [3.63, 3.8) is 0 Å². The van der Waals surface area contributed by atoms with Crippen molar-refractivity contribution in [3.05, 3.63) is 0 Å². The van der Waals surface area contributed by atoms with Gasteiger partial charge in [0.2, 0.25) is 5.91 Å². The van der Waals surface area contributed by atoms with Gasteiger partial charge in [-0.1, -0.05) is 0 Å². The Labute approximate surface area is 84.3 Å². The molecule has 2 N–H and O–H groups in total. The zero-order valence-electron chi connectivity index (χ0n) is 8.41. The first-order valence-electron chi connectivity index (χ1n) is 5.44. The predicted octanol–water partition coefficient (Wildman–Crippen LogP) is -0.421. The number of aliphatic hydroxyl groups excluding tert-OH is 1. The first-order chi connectivity index (χ1) is 6.81. The zero-order valence-corrected chi connectivity index (χ0v) is 8.41. The number of likely N-dealkylation sites (tertiary alicyclic amines) is 1. The highest BCUT2D eigenvalue weighted by atomic mass is 16.3. The monoisotopic (exact) mass is 198 g/mol. The van der Waals surface area contributed by atoms with Crippen LogP contribution in [0.25, 0.3) is 0 Å². The molecule has 2 fully saturated rings. The van der Waals surface area contributed by atoms with Crippen molar-refractivity contribution in [2.45, 2.75) is 25.3 Å². The molecule has 0 aromatic heterocycles. The van der Waals surface area contributed by atoms with Crippen molar-refractivity contribution in [2.75, 3.05) is 26.2 Å². The average molecular weight is 198 g/mol. The maximum atomic E-state index is 11.9. The number of hydrogen-bond acceptors (Lipinski definition) is 3. The van der Waals surface area contributed by atoms with Gasteiger partial charge in [0.25, 0.3) is 0 Å². The number of amides is 1. The van der Waals surface area contributed by atoms with Crippen LogP contribution >= 0.6 is 0 Å². The summed E-state index contributed by atoms with van der Waals surface area (Å²) in [4.78, 5) is 13.8. The van der Waals surface area contributed by atoms with E-state index >= 15 is 0 Å². The van der Waals surface area contributed by atoms with Gasteiger partial charge in [-0.2, -0.15) is 0 Å². The minimum absolute atomic E-state index is 0.0486. The number of hydrogen-bond donors (Lipinski definition) is 2. The van der Waals surface area contributed by atoms with Crippen molar-refractivity contribution in [2.24, 2.45) is 5.92 Å². The Morgan fingerprint density at radius 3 is 2.93 bits per heavy atom. The summed E-state index contributed by atoms with van der Waals surface area (Å²) in [5.74, 6) is 0.541. The number of carbonyl (C=O) groups is 1. The minimum Gasteiger partial charge on any atom is -0.396 e. The summed E-state index contributed by atoms with van der Waals surface area (Å²) in [5.41, 5.74) is 0. The van der Waals surface area contributed by atoms with Crippen molar-refractivity contribution in [3.8, 4) is 0 Å². The van der Waals surface area contributed by atoms with Crippen molar-refractivity contribution in [1.82, 2.24) is 10.2 Å². The highest BCUT2D eigenvalue weighted by Gasteiger charge is 2.31. The highest BCUT2D eigenvalue weighted by Crippen LogP contribution is 2.18. The van der Waals surface area contributed by atoms with Crippen molar-refractivity contribution >= 4 is 5.91 Å². The molecule has 4 heteroatoms. The first kappa shape index (κ1) is 9.93. The lowest BCUT2D eigenvalue weighted by Crippen LogP contribution is -2.42. The van der Waals surface area contributed by atoms with Crippen LogP contribution in [0.5, 0.6) is 0 Å². The third-order valence-corrected chi connectivity index (χ3v) is 3.21. The smallest absolute Gasteiger partial charge is 0.239 e. The average Bonchev–Trinajstić information content (AvgIpc) is 2.88. The van der Waals surface area contributed by atoms with Gasteiger partial charge in [-0.3, -0.25) is 4.79 Å². The van der Waals surface area contributed by atoms with Gasteiger partial charge in [0.1, 0.15) is 0 Å². The molecular weight excluding hydrogens is 180 g/mol. The van der Waals surface area contributed by atoms with Crippen LogP contribution < -0.4 is 5.32 Å². The second kappa shape index (κ2) is 4.28. The van der Waals surface area contributed by atoms with E-state index in [0.717, 1.165) is 38.9 Å². The molecule has 0 radical (unpaired) electrons. The largest absolute Gasteiger partial charge is 0.396 e. The van der Waals surface area contributed by atoms with Crippen molar-refractivity contribution in [1.29, 1.82) is 0 Å². The SMILES string of the molecule is O=C([C@H]1CCCN1)N1CC[C@H](CO)C1. The number of nitrogens with zero attached hydrogens (tertiary/aromatic N) is 1. The lowest BCUT2D eigenvalue weighted by atomic mass is 10.1. The Balaban J connectivity index is 1.86. The van der Waals surface area contributed by atoms with Crippen LogP contribution in [0.2, 0.25) is 0 Å². The van der Waals surface area contributed by atoms with E-state index in [1.165, 1.54) is 0 Å². The van der Waals surface area contributed by atoms with E-state index in [4.69, 9.17) is 5.11 Å². The van der Waals surface area contributed by atoms with Gasteiger partial charge in [-0.25, -0.2) is 0 Å². The minimum atomic E-state index is 0.0486. The summed E-state index contributed by atoms with van der Waals surface area (Å²) in [5, 5.41) is 12.2. The summed E-state index contributed by atoms with van der Waals surface area (Å²) in [6.45, 7) is 2.74. The molecule has 0 saturated carbocycles. The molecule has 2 saturated heterocycles. The Hall–Kier alpha value is -0.610. The van der Waals surface area contributed by atoms with Crippen LogP contribution in [0, 0.1) is 5.92 Å². The number of nitrogens with one attached hydrogen (secondary N) is 1. The molecule has 2 aliphatic heterocycles. The van der Waals surface area contributed by atoms with Crippen molar-refractivity contribution < 1.29 is 9.90 Å². The molecular formula is C10H18N2O2. The molecule has 0 bridgehead atoms. The van der Waals surface area contributed by atoms with Crippen LogP contribution in [-0.2, 0) is 4.79 Å². The molecule has 14 heavy (non-hydrogen) atoms. The Kier molecular flexibility index (Phi) is 3.03. The third-order valence-electron chi connectivity index (χ3n) is 3.21. The second-order valence-electron chi connectivity index (χ2n) is 4.27. The van der Waals surface area contributed by atoms with Gasteiger partial charge in [-0.05, 0) is 25.8 Å². The fourth-order valence-electron chi connectivity index (χ4n) is 2.30. The highest BCUT2D eigenvalue weighted by molar-refractivity contribution is 5.82. The molecule has 2 heterocycles. The maximum Gasteiger partial charge on any atom is 0.239 e. The van der Waals surface area contributed by atoms with E-state index in [1.807, 2.05) is 4.90 Å². The molecule has 0 spiro atoms. The Bertz CT molecular complexity index is 214. The fraction of sp³-hybridized carbons (Fsp3) is 0.900. The van der Waals surface area contributed by atoms with E-state index in [9.17, 15) is 4.79 Å². The maximum absolute atomic E-state index is 11.9. The van der Waals surface area contributed by atoms with E-state index in [-0.39, 0.29) is 18.6 Å². The van der Waals surface area contributed by atoms with Crippen LogP contribution in [0.3, 0.4) is 0 Å². The lowest BCUT2D eigenvalue weighted by molar-refractivity contribution is -0.132. The first-order valence-corrected chi connectivity index (χ1v) is 5.44. The summed E-state index contributed by atoms with van der Waals surface area (Å²) < 4.78 is 0. The van der Waals surface area contributed by atoms with E-state index < -0.39 is 0 Å². The molecule has 1 amide bonds. The lowest BCUT2D eigenvalue weighted by Gasteiger charge is -2.20. The summed E-state index contributed by atoms with van der Waals surface area (Å²) in [6, 6.07) is 0.0486. The van der Waals surface area contributed by atoms with Crippen LogP contribution in [0.1, 0.15) is 19.3 Å². The number of aliphatic hydroxyl groups is 1. The Morgan fingerprint density at radius 2 is 2.36 bits per heavy atom. The van der Waals surface area contributed by atoms with E-state index in [2.05, 4.69) is 5.32 Å².